The van der Waals surface area contributed by atoms with Gasteiger partial charge in [-0.15, -0.1) is 0 Å². The van der Waals surface area contributed by atoms with E-state index in [9.17, 15) is 14.0 Å². The Balaban J connectivity index is 1.59. The lowest BCUT2D eigenvalue weighted by Gasteiger charge is -2.26. The van der Waals surface area contributed by atoms with Crippen LogP contribution >= 0.6 is 11.6 Å². The Morgan fingerprint density at radius 2 is 1.93 bits per heavy atom. The van der Waals surface area contributed by atoms with Gasteiger partial charge in [0.1, 0.15) is 12.4 Å². The van der Waals surface area contributed by atoms with Crippen molar-refractivity contribution in [3.8, 4) is 0 Å². The van der Waals surface area contributed by atoms with Crippen molar-refractivity contribution < 1.29 is 18.7 Å². The maximum absolute atomic E-state index is 13.2. The molecular weight excluding hydrogens is 399 g/mol. The van der Waals surface area contributed by atoms with Crippen LogP contribution in [0.25, 0.3) is 10.9 Å². The minimum absolute atomic E-state index is 0.104. The summed E-state index contributed by atoms with van der Waals surface area (Å²) in [5, 5.41) is 7.84. The molecular formula is C20H18ClFN4O3. The predicted octanol–water partition coefficient (Wildman–Crippen LogP) is 2.94. The molecule has 0 atom stereocenters. The molecule has 4 rings (SSSR count). The van der Waals surface area contributed by atoms with Crippen LogP contribution in [-0.4, -0.2) is 52.8 Å². The molecule has 2 amide bonds. The number of morpholine rings is 1. The second-order valence-corrected chi connectivity index (χ2v) is 7.01. The van der Waals surface area contributed by atoms with Crippen molar-refractivity contribution in [2.75, 3.05) is 31.6 Å². The number of rotatable bonds is 4. The first-order valence-corrected chi connectivity index (χ1v) is 9.48. The monoisotopic (exact) mass is 416 g/mol. The molecule has 29 heavy (non-hydrogen) atoms. The maximum atomic E-state index is 13.2. The number of benzene rings is 2. The summed E-state index contributed by atoms with van der Waals surface area (Å²) in [6.45, 7) is 1.87. The Morgan fingerprint density at radius 3 is 2.69 bits per heavy atom. The van der Waals surface area contributed by atoms with Gasteiger partial charge in [-0.3, -0.25) is 14.3 Å². The number of fused-ring (bicyclic) bond motifs is 1. The summed E-state index contributed by atoms with van der Waals surface area (Å²) >= 11 is 5.97. The number of para-hydroxylation sites is 1. The van der Waals surface area contributed by atoms with E-state index in [2.05, 4.69) is 10.4 Å². The summed E-state index contributed by atoms with van der Waals surface area (Å²) in [4.78, 5) is 27.1. The lowest BCUT2D eigenvalue weighted by Crippen LogP contribution is -2.41. The number of halogens is 2. The number of anilines is 1. The fraction of sp³-hybridized carbons (Fsp3) is 0.250. The summed E-state index contributed by atoms with van der Waals surface area (Å²) < 4.78 is 20.0. The largest absolute Gasteiger partial charge is 0.378 e. The number of carbonyl (C=O) groups is 2. The van der Waals surface area contributed by atoms with E-state index in [-0.39, 0.29) is 17.5 Å². The molecule has 7 nitrogen and oxygen atoms in total. The minimum Gasteiger partial charge on any atom is -0.378 e. The molecule has 3 aromatic rings. The van der Waals surface area contributed by atoms with Gasteiger partial charge in [-0.05, 0) is 24.3 Å². The van der Waals surface area contributed by atoms with Crippen molar-refractivity contribution >= 4 is 40.0 Å². The van der Waals surface area contributed by atoms with Gasteiger partial charge in [0, 0.05) is 18.5 Å². The molecule has 0 radical (unpaired) electrons. The van der Waals surface area contributed by atoms with Crippen LogP contribution in [0.4, 0.5) is 10.1 Å². The zero-order valence-electron chi connectivity index (χ0n) is 15.4. The van der Waals surface area contributed by atoms with E-state index in [0.29, 0.717) is 48.6 Å². The highest BCUT2D eigenvalue weighted by Gasteiger charge is 2.24. The van der Waals surface area contributed by atoms with E-state index in [1.807, 2.05) is 12.1 Å². The zero-order valence-corrected chi connectivity index (χ0v) is 16.2. The van der Waals surface area contributed by atoms with Gasteiger partial charge < -0.3 is 15.0 Å². The quantitative estimate of drug-likeness (QED) is 0.709. The van der Waals surface area contributed by atoms with E-state index in [1.165, 1.54) is 16.8 Å². The van der Waals surface area contributed by atoms with Crippen molar-refractivity contribution in [3.05, 3.63) is 59.0 Å². The smallest absolute Gasteiger partial charge is 0.275 e. The molecule has 150 valence electrons. The molecule has 0 bridgehead atoms. The minimum atomic E-state index is -0.489. The highest BCUT2D eigenvalue weighted by Crippen LogP contribution is 2.23. The lowest BCUT2D eigenvalue weighted by molar-refractivity contribution is -0.116. The zero-order chi connectivity index (χ0) is 20.4. The molecule has 1 aromatic heterocycles. The molecule has 9 heteroatoms. The number of carbonyl (C=O) groups excluding carboxylic acids is 2. The van der Waals surface area contributed by atoms with Gasteiger partial charge in [-0.1, -0.05) is 29.8 Å². The van der Waals surface area contributed by atoms with Gasteiger partial charge in [0.05, 0.1) is 29.4 Å². The van der Waals surface area contributed by atoms with Crippen molar-refractivity contribution in [2.24, 2.45) is 0 Å². The van der Waals surface area contributed by atoms with E-state index < -0.39 is 11.7 Å². The summed E-state index contributed by atoms with van der Waals surface area (Å²) in [5.74, 6) is -1.07. The molecule has 0 unspecified atom stereocenters. The first-order chi connectivity index (χ1) is 14.0. The predicted molar refractivity (Wildman–Crippen MR) is 106 cm³/mol. The number of nitrogens with one attached hydrogen (secondary N) is 1. The third-order valence-corrected chi connectivity index (χ3v) is 4.97. The molecule has 2 heterocycles. The van der Waals surface area contributed by atoms with Crippen molar-refractivity contribution in [1.82, 2.24) is 14.7 Å². The van der Waals surface area contributed by atoms with Gasteiger partial charge in [0.25, 0.3) is 5.91 Å². The molecule has 0 saturated carbocycles. The van der Waals surface area contributed by atoms with Gasteiger partial charge in [-0.25, -0.2) is 4.39 Å². The molecule has 1 saturated heterocycles. The summed E-state index contributed by atoms with van der Waals surface area (Å²) in [6.07, 6.45) is 0. The van der Waals surface area contributed by atoms with E-state index in [4.69, 9.17) is 16.3 Å². The normalized spacial score (nSPS) is 14.2. The maximum Gasteiger partial charge on any atom is 0.275 e. The van der Waals surface area contributed by atoms with E-state index in [0.717, 1.165) is 6.07 Å². The van der Waals surface area contributed by atoms with Gasteiger partial charge >= 0.3 is 0 Å². The Labute approximate surface area is 171 Å². The molecule has 1 aliphatic heterocycles. The topological polar surface area (TPSA) is 76.5 Å². The van der Waals surface area contributed by atoms with E-state index in [1.54, 1.807) is 17.0 Å². The molecule has 0 spiro atoms. The van der Waals surface area contributed by atoms with Crippen molar-refractivity contribution in [2.45, 2.75) is 6.54 Å². The van der Waals surface area contributed by atoms with Crippen LogP contribution in [0.5, 0.6) is 0 Å². The number of ether oxygens (including phenoxy) is 1. The average molecular weight is 417 g/mol. The average Bonchev–Trinajstić information content (AvgIpc) is 3.09. The standard InChI is InChI=1S/C20H18ClFN4O3/c21-15-11-13(22)5-6-16(15)23-18(27)12-26-17-4-2-1-3-14(17)19(24-26)20(28)25-7-9-29-10-8-25/h1-6,11H,7-10,12H2,(H,23,27). The first-order valence-electron chi connectivity index (χ1n) is 9.10. The highest BCUT2D eigenvalue weighted by molar-refractivity contribution is 6.33. The third kappa shape index (κ3) is 4.08. The summed E-state index contributed by atoms with van der Waals surface area (Å²) in [7, 11) is 0. The number of nitrogens with zero attached hydrogens (tertiary/aromatic N) is 3. The van der Waals surface area contributed by atoms with Gasteiger partial charge in [-0.2, -0.15) is 5.10 Å². The van der Waals surface area contributed by atoms with Crippen LogP contribution < -0.4 is 5.32 Å². The number of hydrogen-bond donors (Lipinski definition) is 1. The Bertz CT molecular complexity index is 1080. The van der Waals surface area contributed by atoms with Crippen molar-refractivity contribution in [1.29, 1.82) is 0 Å². The van der Waals surface area contributed by atoms with Crippen LogP contribution in [0, 0.1) is 5.82 Å². The molecule has 1 aliphatic rings. The Morgan fingerprint density at radius 1 is 1.17 bits per heavy atom. The summed E-state index contributed by atoms with van der Waals surface area (Å²) in [6, 6.07) is 11.0. The fourth-order valence-corrected chi connectivity index (χ4v) is 3.45. The lowest BCUT2D eigenvalue weighted by atomic mass is 10.2. The first kappa shape index (κ1) is 19.4. The second-order valence-electron chi connectivity index (χ2n) is 6.60. The van der Waals surface area contributed by atoms with Crippen LogP contribution in [0.2, 0.25) is 5.02 Å². The molecule has 0 aliphatic carbocycles. The van der Waals surface area contributed by atoms with Crippen LogP contribution in [0.1, 0.15) is 10.5 Å². The van der Waals surface area contributed by atoms with Crippen LogP contribution in [-0.2, 0) is 16.1 Å². The molecule has 1 N–H and O–H groups in total. The fourth-order valence-electron chi connectivity index (χ4n) is 3.24. The van der Waals surface area contributed by atoms with Crippen molar-refractivity contribution in [3.63, 3.8) is 0 Å². The number of aromatic nitrogens is 2. The summed E-state index contributed by atoms with van der Waals surface area (Å²) in [5.41, 5.74) is 1.28. The third-order valence-electron chi connectivity index (χ3n) is 4.66. The van der Waals surface area contributed by atoms with Gasteiger partial charge in [0.15, 0.2) is 5.69 Å². The SMILES string of the molecule is O=C(Cn1nc(C(=O)N2CCOCC2)c2ccccc21)Nc1ccc(F)cc1Cl. The number of amides is 2. The number of hydrogen-bond acceptors (Lipinski definition) is 4. The molecule has 1 fully saturated rings. The van der Waals surface area contributed by atoms with E-state index >= 15 is 0 Å². The molecule has 2 aromatic carbocycles. The van der Waals surface area contributed by atoms with Crippen LogP contribution in [0.3, 0.4) is 0 Å². The van der Waals surface area contributed by atoms with Gasteiger partial charge in [0.2, 0.25) is 5.91 Å². The highest BCUT2D eigenvalue weighted by atomic mass is 35.5. The Kier molecular flexibility index (Phi) is 5.46. The second kappa shape index (κ2) is 8.18. The Hall–Kier alpha value is -2.97. The van der Waals surface area contributed by atoms with Crippen LogP contribution in [0.15, 0.2) is 42.5 Å².